The van der Waals surface area contributed by atoms with Gasteiger partial charge in [-0.05, 0) is 25.7 Å². The van der Waals surface area contributed by atoms with Crippen LogP contribution in [0.3, 0.4) is 0 Å². The monoisotopic (exact) mass is 580 g/mol. The number of benzene rings is 1. The summed E-state index contributed by atoms with van der Waals surface area (Å²) in [4.78, 5) is 11.6. The molecule has 0 heterocycles. The molecule has 0 fully saturated rings. The number of rotatable bonds is 27. The third-order valence-electron chi connectivity index (χ3n) is 7.31. The van der Waals surface area contributed by atoms with E-state index in [1.807, 2.05) is 6.92 Å². The van der Waals surface area contributed by atoms with Gasteiger partial charge >= 0.3 is 6.16 Å². The first kappa shape index (κ1) is 36.7. The van der Waals surface area contributed by atoms with Crippen molar-refractivity contribution in [2.75, 3.05) is 19.8 Å². The highest BCUT2D eigenvalue weighted by Gasteiger charge is 2.30. The van der Waals surface area contributed by atoms with E-state index in [1.54, 1.807) is 0 Å². The Hall–Kier alpha value is -2.31. The number of aromatic hydroxyl groups is 1. The molecule has 1 aromatic rings. The second kappa shape index (κ2) is 24.3. The Morgan fingerprint density at radius 3 is 1.32 bits per heavy atom. The van der Waals surface area contributed by atoms with Crippen molar-refractivity contribution in [2.24, 2.45) is 0 Å². The van der Waals surface area contributed by atoms with Crippen LogP contribution in [0.5, 0.6) is 28.7 Å². The quantitative estimate of drug-likeness (QED) is 0.0607. The lowest BCUT2D eigenvalue weighted by molar-refractivity contribution is 0.141. The van der Waals surface area contributed by atoms with E-state index in [4.69, 9.17) is 18.9 Å². The van der Waals surface area contributed by atoms with Crippen molar-refractivity contribution < 1.29 is 34.0 Å². The first-order valence-electron chi connectivity index (χ1n) is 16.7. The van der Waals surface area contributed by atoms with E-state index >= 15 is 0 Å². The second-order valence-electron chi connectivity index (χ2n) is 11.1. The Morgan fingerprint density at radius 1 is 0.512 bits per heavy atom. The number of hydrogen-bond donors (Lipinski definition) is 2. The van der Waals surface area contributed by atoms with Gasteiger partial charge in [-0.3, -0.25) is 0 Å². The van der Waals surface area contributed by atoms with E-state index in [0.717, 1.165) is 64.2 Å². The van der Waals surface area contributed by atoms with Crippen molar-refractivity contribution in [3.05, 3.63) is 5.56 Å². The van der Waals surface area contributed by atoms with E-state index in [-0.39, 0.29) is 17.2 Å². The summed E-state index contributed by atoms with van der Waals surface area (Å²) >= 11 is 0. The van der Waals surface area contributed by atoms with Gasteiger partial charge in [0, 0.05) is 5.56 Å². The van der Waals surface area contributed by atoms with Gasteiger partial charge < -0.3 is 29.2 Å². The molecule has 0 aliphatic rings. The van der Waals surface area contributed by atoms with Crippen molar-refractivity contribution >= 4 is 6.16 Å². The molecule has 0 atom stereocenters. The third-order valence-corrected chi connectivity index (χ3v) is 7.31. The van der Waals surface area contributed by atoms with Gasteiger partial charge in [0.05, 0.1) is 19.8 Å². The van der Waals surface area contributed by atoms with Gasteiger partial charge in [0.2, 0.25) is 17.2 Å². The largest absolute Gasteiger partial charge is 0.511 e. The van der Waals surface area contributed by atoms with E-state index in [0.29, 0.717) is 43.3 Å². The highest BCUT2D eigenvalue weighted by molar-refractivity contribution is 5.73. The molecule has 41 heavy (non-hydrogen) atoms. The third kappa shape index (κ3) is 15.5. The molecule has 7 heteroatoms. The minimum absolute atomic E-state index is 0.109. The molecular weight excluding hydrogens is 520 g/mol. The van der Waals surface area contributed by atoms with Crippen LogP contribution in [-0.4, -0.2) is 36.2 Å². The maximum atomic E-state index is 11.6. The van der Waals surface area contributed by atoms with Gasteiger partial charge in [0.15, 0.2) is 11.5 Å². The fraction of sp³-hybridized carbons (Fsp3) is 0.794. The zero-order valence-corrected chi connectivity index (χ0v) is 26.7. The number of carboxylic acid groups (broad SMARTS) is 1. The van der Waals surface area contributed by atoms with Gasteiger partial charge in [0.1, 0.15) is 0 Å². The van der Waals surface area contributed by atoms with Crippen LogP contribution in [0.4, 0.5) is 4.79 Å². The average Bonchev–Trinajstić information content (AvgIpc) is 2.95. The predicted octanol–water partition coefficient (Wildman–Crippen LogP) is 10.6. The van der Waals surface area contributed by atoms with Crippen molar-refractivity contribution in [1.29, 1.82) is 0 Å². The van der Waals surface area contributed by atoms with Crippen LogP contribution < -0.4 is 18.9 Å². The molecule has 0 saturated carbocycles. The van der Waals surface area contributed by atoms with Crippen molar-refractivity contribution in [1.82, 2.24) is 0 Å². The van der Waals surface area contributed by atoms with Crippen LogP contribution in [-0.2, 0) is 6.42 Å². The summed E-state index contributed by atoms with van der Waals surface area (Å²) in [5.41, 5.74) is 0.517. The number of ether oxygens (including phenoxy) is 4. The lowest BCUT2D eigenvalue weighted by Gasteiger charge is -2.23. The summed E-state index contributed by atoms with van der Waals surface area (Å²) in [5, 5.41) is 20.8. The summed E-state index contributed by atoms with van der Waals surface area (Å²) in [6.07, 6.45) is 19.9. The molecule has 1 rings (SSSR count). The van der Waals surface area contributed by atoms with Crippen molar-refractivity contribution in [2.45, 2.75) is 156 Å². The van der Waals surface area contributed by atoms with Crippen LogP contribution in [0, 0.1) is 0 Å². The molecule has 0 amide bonds. The Kier molecular flexibility index (Phi) is 21.8. The molecule has 7 nitrogen and oxygen atoms in total. The van der Waals surface area contributed by atoms with Crippen molar-refractivity contribution in [3.8, 4) is 28.7 Å². The first-order valence-corrected chi connectivity index (χ1v) is 16.7. The molecule has 0 spiro atoms. The lowest BCUT2D eigenvalue weighted by atomic mass is 10.0. The lowest BCUT2D eigenvalue weighted by Crippen LogP contribution is -2.12. The topological polar surface area (TPSA) is 94.5 Å². The predicted molar refractivity (Wildman–Crippen MR) is 167 cm³/mol. The molecule has 0 unspecified atom stereocenters. The maximum absolute atomic E-state index is 11.6. The Labute approximate surface area is 250 Å². The maximum Gasteiger partial charge on any atom is 0.511 e. The van der Waals surface area contributed by atoms with E-state index in [2.05, 4.69) is 20.8 Å². The van der Waals surface area contributed by atoms with Crippen LogP contribution >= 0.6 is 0 Å². The van der Waals surface area contributed by atoms with E-state index < -0.39 is 6.16 Å². The van der Waals surface area contributed by atoms with Gasteiger partial charge in [-0.1, -0.05) is 130 Å². The summed E-state index contributed by atoms with van der Waals surface area (Å²) in [6.45, 7) is 9.95. The summed E-state index contributed by atoms with van der Waals surface area (Å²) in [7, 11) is 0. The average molecular weight is 581 g/mol. The number of phenolic OH excluding ortho intramolecular Hbond substituents is 1. The standard InChI is InChI=1S/C34H60O7/c1-5-9-12-15-18-21-25-38-31-28(24-8-4)30(41-34(36)37)29(35)32(39-26-22-19-16-13-10-6-2)33(31)40-27-23-20-17-14-11-7-3/h35H,5-27H2,1-4H3,(H,36,37). The summed E-state index contributed by atoms with van der Waals surface area (Å²) < 4.78 is 23.9. The molecule has 0 aliphatic heterocycles. The van der Waals surface area contributed by atoms with E-state index in [9.17, 15) is 15.0 Å². The molecule has 2 N–H and O–H groups in total. The van der Waals surface area contributed by atoms with Crippen LogP contribution in [0.15, 0.2) is 0 Å². The number of unbranched alkanes of at least 4 members (excludes halogenated alkanes) is 15. The fourth-order valence-electron chi connectivity index (χ4n) is 4.96. The minimum Gasteiger partial charge on any atom is -0.502 e. The Balaban J connectivity index is 3.22. The molecule has 0 bridgehead atoms. The Morgan fingerprint density at radius 2 is 0.902 bits per heavy atom. The molecule has 0 saturated heterocycles. The highest BCUT2D eigenvalue weighted by atomic mass is 16.7. The zero-order valence-electron chi connectivity index (χ0n) is 26.7. The van der Waals surface area contributed by atoms with Crippen LogP contribution in [0.1, 0.15) is 155 Å². The first-order chi connectivity index (χ1) is 20.0. The van der Waals surface area contributed by atoms with Crippen molar-refractivity contribution in [3.63, 3.8) is 0 Å². The molecule has 0 aliphatic carbocycles. The van der Waals surface area contributed by atoms with Gasteiger partial charge in [-0.2, -0.15) is 0 Å². The molecule has 238 valence electrons. The molecule has 1 aromatic carbocycles. The molecule has 0 aromatic heterocycles. The van der Waals surface area contributed by atoms with Crippen LogP contribution in [0.25, 0.3) is 0 Å². The Bertz CT molecular complexity index is 809. The van der Waals surface area contributed by atoms with E-state index in [1.165, 1.54) is 57.8 Å². The van der Waals surface area contributed by atoms with Gasteiger partial charge in [0.25, 0.3) is 0 Å². The smallest absolute Gasteiger partial charge is 0.502 e. The fourth-order valence-corrected chi connectivity index (χ4v) is 4.96. The van der Waals surface area contributed by atoms with Gasteiger partial charge in [-0.25, -0.2) is 4.79 Å². The normalized spacial score (nSPS) is 11.0. The van der Waals surface area contributed by atoms with Crippen LogP contribution in [0.2, 0.25) is 0 Å². The SMILES string of the molecule is CCCCCCCCOc1c(O)c(OC(=O)O)c(CCC)c(OCCCCCCCC)c1OCCCCCCCC. The number of carbonyl (C=O) groups is 1. The summed E-state index contributed by atoms with van der Waals surface area (Å²) in [5.74, 6) is 0.500. The molecule has 0 radical (unpaired) electrons. The number of phenols is 1. The molecular formula is C34H60O7. The second-order valence-corrected chi connectivity index (χ2v) is 11.1. The minimum atomic E-state index is -1.48. The zero-order chi connectivity index (χ0) is 30.1. The number of hydrogen-bond acceptors (Lipinski definition) is 6. The van der Waals surface area contributed by atoms with Gasteiger partial charge in [-0.15, -0.1) is 0 Å². The summed E-state index contributed by atoms with van der Waals surface area (Å²) in [6, 6.07) is 0. The highest BCUT2D eigenvalue weighted by Crippen LogP contribution is 2.54.